The van der Waals surface area contributed by atoms with Crippen molar-refractivity contribution in [3.05, 3.63) is 28.5 Å². The van der Waals surface area contributed by atoms with E-state index in [4.69, 9.17) is 4.74 Å². The van der Waals surface area contributed by atoms with Crippen molar-refractivity contribution >= 4 is 39.9 Å². The number of anilines is 1. The van der Waals surface area contributed by atoms with Crippen molar-refractivity contribution in [2.75, 3.05) is 25.1 Å². The van der Waals surface area contributed by atoms with Crippen LogP contribution in [0.1, 0.15) is 0 Å². The number of hydrogen-bond acceptors (Lipinski definition) is 3. The summed E-state index contributed by atoms with van der Waals surface area (Å²) in [7, 11) is 0. The summed E-state index contributed by atoms with van der Waals surface area (Å²) in [6.07, 6.45) is 0. The fraction of sp³-hybridized carbons (Fsp3) is 0.364. The number of ether oxygens (including phenoxy) is 1. The molecule has 0 spiro atoms. The van der Waals surface area contributed by atoms with E-state index in [-0.39, 0.29) is 24.0 Å². The summed E-state index contributed by atoms with van der Waals surface area (Å²) >= 11 is 3.22. The maximum absolute atomic E-state index is 13.4. The zero-order valence-electron chi connectivity index (χ0n) is 9.41. The highest BCUT2D eigenvalue weighted by atomic mass is 79.9. The summed E-state index contributed by atoms with van der Waals surface area (Å²) in [5, 5.41) is 5.54. The van der Waals surface area contributed by atoms with Crippen molar-refractivity contribution in [3.63, 3.8) is 0 Å². The van der Waals surface area contributed by atoms with Gasteiger partial charge in [-0.25, -0.2) is 4.39 Å². The maximum Gasteiger partial charge on any atom is 0.243 e. The van der Waals surface area contributed by atoms with Crippen LogP contribution in [-0.2, 0) is 9.53 Å². The number of benzene rings is 1. The lowest BCUT2D eigenvalue weighted by Gasteiger charge is -2.23. The number of rotatable bonds is 2. The van der Waals surface area contributed by atoms with E-state index in [1.54, 1.807) is 6.07 Å². The van der Waals surface area contributed by atoms with Crippen molar-refractivity contribution in [2.45, 2.75) is 6.04 Å². The summed E-state index contributed by atoms with van der Waals surface area (Å²) in [5.41, 5.74) is 0.164. The molecule has 4 nitrogen and oxygen atoms in total. The molecule has 0 saturated carbocycles. The Labute approximate surface area is 119 Å². The predicted octanol–water partition coefficient (Wildman–Crippen LogP) is 1.94. The van der Waals surface area contributed by atoms with Crippen LogP contribution in [0.5, 0.6) is 0 Å². The molecule has 1 aliphatic rings. The van der Waals surface area contributed by atoms with Gasteiger partial charge in [-0.1, -0.05) is 15.9 Å². The molecule has 1 aromatic rings. The smallest absolute Gasteiger partial charge is 0.243 e. The summed E-state index contributed by atoms with van der Waals surface area (Å²) in [6.45, 7) is 1.52. The molecule has 0 radical (unpaired) electrons. The van der Waals surface area contributed by atoms with Crippen LogP contribution in [-0.4, -0.2) is 31.7 Å². The molecule has 1 heterocycles. The van der Waals surface area contributed by atoms with Crippen LogP contribution in [0.4, 0.5) is 10.1 Å². The standard InChI is InChI=1S/C11H12BrFN2O2.ClH/c12-7-1-2-8(13)9(5-7)15-11(16)10-6-17-4-3-14-10;/h1-2,5,10,14H,3-4,6H2,(H,15,16);1H. The van der Waals surface area contributed by atoms with Gasteiger partial charge in [0, 0.05) is 11.0 Å². The average molecular weight is 340 g/mol. The molecule has 1 aromatic carbocycles. The first-order valence-corrected chi connectivity index (χ1v) is 6.03. The van der Waals surface area contributed by atoms with Crippen molar-refractivity contribution in [1.82, 2.24) is 5.32 Å². The van der Waals surface area contributed by atoms with Gasteiger partial charge in [-0.2, -0.15) is 0 Å². The van der Waals surface area contributed by atoms with Crippen molar-refractivity contribution in [3.8, 4) is 0 Å². The lowest BCUT2D eigenvalue weighted by Crippen LogP contribution is -2.48. The monoisotopic (exact) mass is 338 g/mol. The maximum atomic E-state index is 13.4. The third-order valence-corrected chi connectivity index (χ3v) is 2.92. The van der Waals surface area contributed by atoms with Crippen LogP contribution in [0.2, 0.25) is 0 Å². The summed E-state index contributed by atoms with van der Waals surface area (Å²) in [4.78, 5) is 11.8. The molecule has 0 aromatic heterocycles. The van der Waals surface area contributed by atoms with E-state index in [1.807, 2.05) is 0 Å². The molecule has 1 saturated heterocycles. The summed E-state index contributed by atoms with van der Waals surface area (Å²) in [6, 6.07) is 3.97. The topological polar surface area (TPSA) is 50.4 Å². The highest BCUT2D eigenvalue weighted by Gasteiger charge is 2.21. The highest BCUT2D eigenvalue weighted by Crippen LogP contribution is 2.20. The van der Waals surface area contributed by atoms with Gasteiger partial charge in [0.2, 0.25) is 5.91 Å². The van der Waals surface area contributed by atoms with Crippen LogP contribution in [0.3, 0.4) is 0 Å². The van der Waals surface area contributed by atoms with Crippen LogP contribution >= 0.6 is 28.3 Å². The minimum Gasteiger partial charge on any atom is -0.378 e. The molecule has 1 amide bonds. The van der Waals surface area contributed by atoms with E-state index in [1.165, 1.54) is 12.1 Å². The molecule has 1 unspecified atom stereocenters. The molecule has 7 heteroatoms. The lowest BCUT2D eigenvalue weighted by molar-refractivity contribution is -0.120. The SMILES string of the molecule is Cl.O=C(Nc1cc(Br)ccc1F)C1COCCN1. The molecule has 0 aliphatic carbocycles. The Bertz CT molecular complexity index is 428. The number of carbonyl (C=O) groups excluding carboxylic acids is 1. The van der Waals surface area contributed by atoms with Gasteiger partial charge in [-0.3, -0.25) is 4.79 Å². The number of morpholine rings is 1. The van der Waals surface area contributed by atoms with Gasteiger partial charge >= 0.3 is 0 Å². The predicted molar refractivity (Wildman–Crippen MR) is 72.6 cm³/mol. The Hall–Kier alpha value is -0.690. The van der Waals surface area contributed by atoms with Crippen LogP contribution in [0.25, 0.3) is 0 Å². The van der Waals surface area contributed by atoms with Crippen LogP contribution < -0.4 is 10.6 Å². The second-order valence-electron chi connectivity index (χ2n) is 3.70. The van der Waals surface area contributed by atoms with Gasteiger partial charge in [0.15, 0.2) is 0 Å². The molecule has 1 atom stereocenters. The molecule has 1 fully saturated rings. The number of hydrogen-bond donors (Lipinski definition) is 2. The van der Waals surface area contributed by atoms with E-state index in [0.29, 0.717) is 24.2 Å². The second kappa shape index (κ2) is 7.04. The van der Waals surface area contributed by atoms with Crippen LogP contribution in [0.15, 0.2) is 22.7 Å². The minimum absolute atomic E-state index is 0. The Morgan fingerprint density at radius 1 is 1.56 bits per heavy atom. The quantitative estimate of drug-likeness (QED) is 0.866. The number of carbonyl (C=O) groups is 1. The molecule has 2 N–H and O–H groups in total. The first kappa shape index (κ1) is 15.4. The van der Waals surface area contributed by atoms with Gasteiger partial charge in [0.25, 0.3) is 0 Å². The Morgan fingerprint density at radius 3 is 3.00 bits per heavy atom. The zero-order valence-corrected chi connectivity index (χ0v) is 11.8. The van der Waals surface area contributed by atoms with Gasteiger partial charge in [-0.05, 0) is 18.2 Å². The third kappa shape index (κ3) is 3.91. The molecule has 1 aliphatic heterocycles. The fourth-order valence-electron chi connectivity index (χ4n) is 1.55. The first-order chi connectivity index (χ1) is 8.16. The molecule has 100 valence electrons. The second-order valence-corrected chi connectivity index (χ2v) is 4.61. The molecular formula is C11H13BrClFN2O2. The zero-order chi connectivity index (χ0) is 12.3. The van der Waals surface area contributed by atoms with Crippen molar-refractivity contribution in [1.29, 1.82) is 0 Å². The largest absolute Gasteiger partial charge is 0.378 e. The Kier molecular flexibility index (Phi) is 6.01. The fourth-order valence-corrected chi connectivity index (χ4v) is 1.91. The molecule has 18 heavy (non-hydrogen) atoms. The van der Waals surface area contributed by atoms with E-state index < -0.39 is 11.9 Å². The molecular weight excluding hydrogens is 326 g/mol. The van der Waals surface area contributed by atoms with Crippen LogP contribution in [0, 0.1) is 5.82 Å². The average Bonchev–Trinajstić information content (AvgIpc) is 2.35. The number of nitrogens with one attached hydrogen (secondary N) is 2. The van der Waals surface area contributed by atoms with Gasteiger partial charge in [0.1, 0.15) is 11.9 Å². The number of halogens is 3. The molecule has 2 rings (SSSR count). The minimum atomic E-state index is -0.460. The van der Waals surface area contributed by atoms with E-state index in [0.717, 1.165) is 0 Å². The summed E-state index contributed by atoms with van der Waals surface area (Å²) < 4.78 is 19.3. The van der Waals surface area contributed by atoms with E-state index in [2.05, 4.69) is 26.6 Å². The Balaban J connectivity index is 0.00000162. The van der Waals surface area contributed by atoms with Gasteiger partial charge < -0.3 is 15.4 Å². The van der Waals surface area contributed by atoms with Crippen molar-refractivity contribution in [2.24, 2.45) is 0 Å². The normalized spacial score (nSPS) is 18.9. The van der Waals surface area contributed by atoms with E-state index in [9.17, 15) is 9.18 Å². The Morgan fingerprint density at radius 2 is 2.33 bits per heavy atom. The molecule has 0 bridgehead atoms. The third-order valence-electron chi connectivity index (χ3n) is 2.42. The van der Waals surface area contributed by atoms with Gasteiger partial charge in [0.05, 0.1) is 18.9 Å². The van der Waals surface area contributed by atoms with Crippen molar-refractivity contribution < 1.29 is 13.9 Å². The lowest BCUT2D eigenvalue weighted by atomic mass is 10.2. The first-order valence-electron chi connectivity index (χ1n) is 5.24. The highest BCUT2D eigenvalue weighted by molar-refractivity contribution is 9.10. The van der Waals surface area contributed by atoms with Gasteiger partial charge in [-0.15, -0.1) is 12.4 Å². The van der Waals surface area contributed by atoms with E-state index >= 15 is 0 Å². The summed E-state index contributed by atoms with van der Waals surface area (Å²) in [5.74, 6) is -0.750. The number of amides is 1.